The normalized spacial score (nSPS) is 29.6. The van der Waals surface area contributed by atoms with E-state index in [2.05, 4.69) is 4.98 Å². The van der Waals surface area contributed by atoms with Gasteiger partial charge in [-0.1, -0.05) is 0 Å². The van der Waals surface area contributed by atoms with E-state index in [9.17, 15) is 25.1 Å². The van der Waals surface area contributed by atoms with Crippen LogP contribution in [-0.4, -0.2) is 60.6 Å². The number of aromatic nitrogens is 2. The van der Waals surface area contributed by atoms with E-state index in [1.165, 1.54) is 0 Å². The molecule has 20 heavy (non-hydrogen) atoms. The molecule has 11 heteroatoms. The second kappa shape index (κ2) is 5.13. The molecule has 0 unspecified atom stereocenters. The summed E-state index contributed by atoms with van der Waals surface area (Å²) in [6.07, 6.45) is -4.41. The van der Waals surface area contributed by atoms with E-state index in [4.69, 9.17) is 15.6 Å². The Morgan fingerprint density at radius 3 is 2.65 bits per heavy atom. The van der Waals surface area contributed by atoms with Gasteiger partial charge in [0.25, 0.3) is 5.91 Å². The van der Waals surface area contributed by atoms with Crippen molar-refractivity contribution in [1.82, 2.24) is 9.55 Å². The van der Waals surface area contributed by atoms with Crippen molar-refractivity contribution in [3.05, 3.63) is 22.1 Å². The first kappa shape index (κ1) is 14.3. The minimum atomic E-state index is -1.50. The molecular formula is C9H12N4O7. The summed E-state index contributed by atoms with van der Waals surface area (Å²) in [6, 6.07) is 0. The first-order valence-corrected chi connectivity index (χ1v) is 5.52. The SMILES string of the molecule is NC(=O)c1c([N+](=O)[O-])ncn1[C@@H]1O[C@H](CO)[C@@H](O)[C@H]1O. The van der Waals surface area contributed by atoms with Crippen molar-refractivity contribution >= 4 is 11.7 Å². The molecule has 0 spiro atoms. The van der Waals surface area contributed by atoms with Crippen molar-refractivity contribution in [3.8, 4) is 0 Å². The van der Waals surface area contributed by atoms with Crippen LogP contribution in [0.4, 0.5) is 5.82 Å². The Morgan fingerprint density at radius 2 is 2.20 bits per heavy atom. The third-order valence-corrected chi connectivity index (χ3v) is 2.97. The van der Waals surface area contributed by atoms with E-state index in [0.29, 0.717) is 0 Å². The van der Waals surface area contributed by atoms with Crippen LogP contribution in [0.1, 0.15) is 16.7 Å². The van der Waals surface area contributed by atoms with Gasteiger partial charge in [-0.2, -0.15) is 0 Å². The number of hydrogen-bond donors (Lipinski definition) is 4. The molecule has 1 amide bonds. The molecule has 1 saturated heterocycles. The fourth-order valence-corrected chi connectivity index (χ4v) is 2.03. The Hall–Kier alpha value is -2.08. The zero-order chi connectivity index (χ0) is 15.0. The zero-order valence-corrected chi connectivity index (χ0v) is 9.99. The van der Waals surface area contributed by atoms with Gasteiger partial charge in [-0.3, -0.25) is 9.36 Å². The van der Waals surface area contributed by atoms with Gasteiger partial charge in [0, 0.05) is 0 Å². The summed E-state index contributed by atoms with van der Waals surface area (Å²) in [5.74, 6) is -1.91. The third kappa shape index (κ3) is 2.12. The average molecular weight is 288 g/mol. The van der Waals surface area contributed by atoms with E-state index in [1.807, 2.05) is 0 Å². The number of carbonyl (C=O) groups excluding carboxylic acids is 1. The van der Waals surface area contributed by atoms with Crippen molar-refractivity contribution in [2.75, 3.05) is 6.61 Å². The highest BCUT2D eigenvalue weighted by molar-refractivity contribution is 5.94. The molecule has 2 heterocycles. The van der Waals surface area contributed by atoms with Gasteiger partial charge in [-0.15, -0.1) is 0 Å². The molecule has 11 nitrogen and oxygen atoms in total. The van der Waals surface area contributed by atoms with E-state index in [0.717, 1.165) is 10.9 Å². The Bertz CT molecular complexity index is 544. The van der Waals surface area contributed by atoms with Crippen molar-refractivity contribution in [2.24, 2.45) is 5.73 Å². The van der Waals surface area contributed by atoms with Gasteiger partial charge in [0.1, 0.15) is 18.3 Å². The summed E-state index contributed by atoms with van der Waals surface area (Å²) in [5.41, 5.74) is 4.49. The summed E-state index contributed by atoms with van der Waals surface area (Å²) >= 11 is 0. The molecule has 0 aliphatic carbocycles. The molecule has 2 rings (SSSR count). The third-order valence-electron chi connectivity index (χ3n) is 2.97. The summed E-state index contributed by atoms with van der Waals surface area (Å²) in [5, 5.41) is 39.1. The van der Waals surface area contributed by atoms with Gasteiger partial charge < -0.3 is 35.9 Å². The van der Waals surface area contributed by atoms with Gasteiger partial charge in [0.2, 0.25) is 12.0 Å². The number of hydrogen-bond acceptors (Lipinski definition) is 8. The quantitative estimate of drug-likeness (QED) is 0.347. The number of nitro groups is 1. The standard InChI is InChI=1S/C9H12N4O7/c10-7(17)4-8(13(18)19)11-2-12(4)9-6(16)5(15)3(1-14)20-9/h2-3,5-6,9,14-16H,1H2,(H2,10,17)/t3-,5-,6-,9-/m1/s1. The summed E-state index contributed by atoms with van der Waals surface area (Å²) < 4.78 is 6.01. The minimum Gasteiger partial charge on any atom is -0.394 e. The lowest BCUT2D eigenvalue weighted by atomic mass is 10.1. The Balaban J connectivity index is 2.44. The number of nitrogens with two attached hydrogens (primary N) is 1. The molecule has 0 radical (unpaired) electrons. The number of nitrogens with zero attached hydrogens (tertiary/aromatic N) is 3. The maximum absolute atomic E-state index is 11.3. The highest BCUT2D eigenvalue weighted by atomic mass is 16.6. The van der Waals surface area contributed by atoms with Gasteiger partial charge in [0.05, 0.1) is 6.61 Å². The molecule has 1 aliphatic rings. The van der Waals surface area contributed by atoms with Gasteiger partial charge in [0.15, 0.2) is 6.23 Å². The highest BCUT2D eigenvalue weighted by Crippen LogP contribution is 2.32. The van der Waals surface area contributed by atoms with Crippen molar-refractivity contribution in [1.29, 1.82) is 0 Å². The van der Waals surface area contributed by atoms with Crippen molar-refractivity contribution < 1.29 is 29.8 Å². The van der Waals surface area contributed by atoms with Crippen LogP contribution in [-0.2, 0) is 4.74 Å². The zero-order valence-electron chi connectivity index (χ0n) is 9.99. The Morgan fingerprint density at radius 1 is 1.55 bits per heavy atom. The molecule has 1 aromatic rings. The van der Waals surface area contributed by atoms with Gasteiger partial charge >= 0.3 is 5.82 Å². The monoisotopic (exact) mass is 288 g/mol. The number of aliphatic hydroxyl groups is 3. The lowest BCUT2D eigenvalue weighted by molar-refractivity contribution is -0.389. The van der Waals surface area contributed by atoms with Crippen LogP contribution in [0.2, 0.25) is 0 Å². The fraction of sp³-hybridized carbons (Fsp3) is 0.556. The van der Waals surface area contributed by atoms with Gasteiger partial charge in [-0.25, -0.2) is 0 Å². The maximum Gasteiger partial charge on any atom is 0.395 e. The predicted octanol–water partition coefficient (Wildman–Crippen LogP) is -2.50. The molecule has 1 aliphatic heterocycles. The molecule has 0 saturated carbocycles. The predicted molar refractivity (Wildman–Crippen MR) is 60.4 cm³/mol. The lowest BCUT2D eigenvalue weighted by Crippen LogP contribution is -2.33. The highest BCUT2D eigenvalue weighted by Gasteiger charge is 2.45. The molecule has 5 N–H and O–H groups in total. The topological polar surface area (TPSA) is 174 Å². The summed E-state index contributed by atoms with van der Waals surface area (Å²) in [4.78, 5) is 24.6. The number of carbonyl (C=O) groups is 1. The number of ether oxygens (including phenoxy) is 1. The smallest absolute Gasteiger partial charge is 0.394 e. The van der Waals surface area contributed by atoms with Gasteiger partial charge in [-0.05, 0) is 9.91 Å². The van der Waals surface area contributed by atoms with Crippen molar-refractivity contribution in [2.45, 2.75) is 24.5 Å². The number of rotatable bonds is 4. The molecule has 1 aromatic heterocycles. The van der Waals surface area contributed by atoms with Crippen LogP contribution in [0.15, 0.2) is 6.33 Å². The molecular weight excluding hydrogens is 276 g/mol. The Labute approximate surface area is 111 Å². The number of primary amides is 1. The molecule has 1 fully saturated rings. The van der Waals surface area contributed by atoms with Crippen LogP contribution in [0, 0.1) is 10.1 Å². The van der Waals surface area contributed by atoms with Crippen LogP contribution in [0.5, 0.6) is 0 Å². The number of amides is 1. The van der Waals surface area contributed by atoms with Crippen LogP contribution >= 0.6 is 0 Å². The summed E-state index contributed by atoms with van der Waals surface area (Å²) in [6.45, 7) is -0.572. The van der Waals surface area contributed by atoms with E-state index < -0.39 is 53.5 Å². The molecule has 110 valence electrons. The van der Waals surface area contributed by atoms with Crippen LogP contribution in [0.25, 0.3) is 0 Å². The molecule has 0 bridgehead atoms. The minimum absolute atomic E-state index is 0.565. The molecule has 0 aromatic carbocycles. The first-order chi connectivity index (χ1) is 9.38. The van der Waals surface area contributed by atoms with Crippen LogP contribution in [0.3, 0.4) is 0 Å². The second-order valence-corrected chi connectivity index (χ2v) is 4.17. The maximum atomic E-state index is 11.3. The lowest BCUT2D eigenvalue weighted by Gasteiger charge is -2.16. The average Bonchev–Trinajstić information content (AvgIpc) is 2.93. The van der Waals surface area contributed by atoms with Crippen molar-refractivity contribution in [3.63, 3.8) is 0 Å². The number of aliphatic hydroxyl groups excluding tert-OH is 3. The largest absolute Gasteiger partial charge is 0.395 e. The Kier molecular flexibility index (Phi) is 3.67. The van der Waals surface area contributed by atoms with E-state index in [-0.39, 0.29) is 0 Å². The number of imidazole rings is 1. The molecule has 4 atom stereocenters. The first-order valence-electron chi connectivity index (χ1n) is 5.52. The second-order valence-electron chi connectivity index (χ2n) is 4.17. The van der Waals surface area contributed by atoms with E-state index >= 15 is 0 Å². The fourth-order valence-electron chi connectivity index (χ4n) is 2.03. The van der Waals surface area contributed by atoms with E-state index in [1.54, 1.807) is 0 Å². The van der Waals surface area contributed by atoms with Crippen LogP contribution < -0.4 is 5.73 Å². The summed E-state index contributed by atoms with van der Waals surface area (Å²) in [7, 11) is 0.